The molecule has 0 atom stereocenters. The van der Waals surface area contributed by atoms with Gasteiger partial charge in [-0.3, -0.25) is 9.89 Å². The number of hydrogen-bond acceptors (Lipinski definition) is 3. The quantitative estimate of drug-likeness (QED) is 0.415. The average molecular weight is 363 g/mol. The normalized spacial score (nSPS) is 24.3. The highest BCUT2D eigenvalue weighted by Gasteiger charge is 2.39. The van der Waals surface area contributed by atoms with Gasteiger partial charge in [-0.1, -0.05) is 11.6 Å². The summed E-state index contributed by atoms with van der Waals surface area (Å²) in [5, 5.41) is 7.00. The second kappa shape index (κ2) is 10.3. The van der Waals surface area contributed by atoms with E-state index in [-0.39, 0.29) is 5.54 Å². The van der Waals surface area contributed by atoms with Crippen LogP contribution in [0.1, 0.15) is 64.7 Å². The third-order valence-electron chi connectivity index (χ3n) is 6.20. The van der Waals surface area contributed by atoms with Crippen LogP contribution in [0.4, 0.5) is 0 Å². The van der Waals surface area contributed by atoms with Crippen LogP contribution in [-0.4, -0.2) is 62.3 Å². The van der Waals surface area contributed by atoms with Crippen molar-refractivity contribution >= 4 is 5.96 Å². The lowest BCUT2D eigenvalue weighted by atomic mass is 9.88. The molecule has 0 bridgehead atoms. The molecule has 0 aromatic carbocycles. The van der Waals surface area contributed by atoms with E-state index in [0.29, 0.717) is 0 Å². The Hall–Kier alpha value is -1.07. The minimum Gasteiger partial charge on any atom is -0.381 e. The van der Waals surface area contributed by atoms with Crippen LogP contribution in [0.5, 0.6) is 0 Å². The minimum atomic E-state index is 0.211. The van der Waals surface area contributed by atoms with Gasteiger partial charge >= 0.3 is 0 Å². The molecule has 5 nitrogen and oxygen atoms in total. The van der Waals surface area contributed by atoms with E-state index in [1.54, 1.807) is 5.57 Å². The molecule has 0 aromatic heterocycles. The van der Waals surface area contributed by atoms with Crippen molar-refractivity contribution in [3.05, 3.63) is 11.6 Å². The molecule has 0 spiro atoms. The molecule has 0 saturated carbocycles. The van der Waals surface area contributed by atoms with E-state index in [0.717, 1.165) is 58.1 Å². The SMILES string of the molecule is CCNC(=NCC1(N2CCCC2)CCOCC1)NCCC1=CCCCC1. The van der Waals surface area contributed by atoms with Crippen molar-refractivity contribution < 1.29 is 4.74 Å². The van der Waals surface area contributed by atoms with Crippen molar-refractivity contribution in [2.45, 2.75) is 70.3 Å². The van der Waals surface area contributed by atoms with Gasteiger partial charge in [0.2, 0.25) is 0 Å². The second-order valence-electron chi connectivity index (χ2n) is 8.01. The number of hydrogen-bond donors (Lipinski definition) is 2. The summed E-state index contributed by atoms with van der Waals surface area (Å²) in [6, 6.07) is 0. The predicted octanol–water partition coefficient (Wildman–Crippen LogP) is 3.08. The van der Waals surface area contributed by atoms with E-state index in [1.165, 1.54) is 51.6 Å². The van der Waals surface area contributed by atoms with E-state index in [9.17, 15) is 0 Å². The van der Waals surface area contributed by atoms with Gasteiger partial charge in [0.25, 0.3) is 0 Å². The number of ether oxygens (including phenoxy) is 1. The standard InChI is InChI=1S/C21H38N4O/c1-2-22-20(23-13-10-19-8-4-3-5-9-19)24-18-21(11-16-26-17-12-21)25-14-6-7-15-25/h8H,2-7,9-18H2,1H3,(H2,22,23,24). The number of allylic oxidation sites excluding steroid dienone is 1. The van der Waals surface area contributed by atoms with E-state index in [4.69, 9.17) is 9.73 Å². The fraction of sp³-hybridized carbons (Fsp3) is 0.857. The van der Waals surface area contributed by atoms with Crippen LogP contribution in [0.3, 0.4) is 0 Å². The van der Waals surface area contributed by atoms with Crippen LogP contribution in [0.2, 0.25) is 0 Å². The first-order valence-corrected chi connectivity index (χ1v) is 10.9. The second-order valence-corrected chi connectivity index (χ2v) is 8.01. The van der Waals surface area contributed by atoms with Crippen LogP contribution in [0, 0.1) is 0 Å². The molecule has 2 saturated heterocycles. The molecule has 2 fully saturated rings. The maximum Gasteiger partial charge on any atom is 0.191 e. The fourth-order valence-corrected chi connectivity index (χ4v) is 4.56. The third-order valence-corrected chi connectivity index (χ3v) is 6.20. The van der Waals surface area contributed by atoms with Gasteiger partial charge in [0.1, 0.15) is 0 Å². The van der Waals surface area contributed by atoms with Crippen LogP contribution in [0.15, 0.2) is 16.6 Å². The largest absolute Gasteiger partial charge is 0.381 e. The summed E-state index contributed by atoms with van der Waals surface area (Å²) in [5.74, 6) is 0.981. The van der Waals surface area contributed by atoms with Crippen LogP contribution < -0.4 is 10.6 Å². The van der Waals surface area contributed by atoms with Gasteiger partial charge in [0.15, 0.2) is 5.96 Å². The van der Waals surface area contributed by atoms with Crippen LogP contribution in [-0.2, 0) is 4.74 Å². The number of likely N-dealkylation sites (tertiary alicyclic amines) is 1. The summed E-state index contributed by atoms with van der Waals surface area (Å²) in [4.78, 5) is 7.70. The molecule has 3 aliphatic rings. The van der Waals surface area contributed by atoms with Crippen molar-refractivity contribution in [3.8, 4) is 0 Å². The highest BCUT2D eigenvalue weighted by Crippen LogP contribution is 2.31. The zero-order chi connectivity index (χ0) is 18.1. The van der Waals surface area contributed by atoms with E-state index in [1.807, 2.05) is 0 Å². The number of rotatable bonds is 7. The predicted molar refractivity (Wildman–Crippen MR) is 109 cm³/mol. The van der Waals surface area contributed by atoms with Gasteiger partial charge in [-0.15, -0.1) is 0 Å². The molecule has 0 unspecified atom stereocenters. The fourth-order valence-electron chi connectivity index (χ4n) is 4.56. The summed E-state index contributed by atoms with van der Waals surface area (Å²) in [6.07, 6.45) is 13.8. The highest BCUT2D eigenvalue weighted by atomic mass is 16.5. The molecule has 3 rings (SSSR count). The number of aliphatic imine (C=N–C) groups is 1. The molecule has 0 aromatic rings. The van der Waals surface area contributed by atoms with Gasteiger partial charge in [-0.05, 0) is 77.8 Å². The van der Waals surface area contributed by atoms with Crippen molar-refractivity contribution in [3.63, 3.8) is 0 Å². The maximum absolute atomic E-state index is 5.66. The van der Waals surface area contributed by atoms with Crippen molar-refractivity contribution in [2.75, 3.05) is 45.9 Å². The Morgan fingerprint density at radius 3 is 2.65 bits per heavy atom. The van der Waals surface area contributed by atoms with E-state index < -0.39 is 0 Å². The molecule has 2 N–H and O–H groups in total. The van der Waals surface area contributed by atoms with Crippen LogP contribution in [0.25, 0.3) is 0 Å². The smallest absolute Gasteiger partial charge is 0.191 e. The molecule has 1 aliphatic carbocycles. The Labute approximate surface area is 159 Å². The van der Waals surface area contributed by atoms with Gasteiger partial charge < -0.3 is 15.4 Å². The Kier molecular flexibility index (Phi) is 7.81. The topological polar surface area (TPSA) is 48.9 Å². The summed E-state index contributed by atoms with van der Waals surface area (Å²) in [6.45, 7) is 9.14. The van der Waals surface area contributed by atoms with Crippen molar-refractivity contribution in [2.24, 2.45) is 4.99 Å². The molecule has 2 heterocycles. The lowest BCUT2D eigenvalue weighted by Crippen LogP contribution is -2.54. The summed E-state index contributed by atoms with van der Waals surface area (Å²) in [5.41, 5.74) is 1.83. The Morgan fingerprint density at radius 1 is 1.15 bits per heavy atom. The lowest BCUT2D eigenvalue weighted by molar-refractivity contribution is -0.0139. The number of guanidine groups is 1. The molecule has 148 valence electrons. The van der Waals surface area contributed by atoms with Gasteiger partial charge in [-0.25, -0.2) is 0 Å². The van der Waals surface area contributed by atoms with Crippen LogP contribution >= 0.6 is 0 Å². The molecule has 2 aliphatic heterocycles. The number of nitrogens with zero attached hydrogens (tertiary/aromatic N) is 2. The molecule has 0 radical (unpaired) electrons. The molecular weight excluding hydrogens is 324 g/mol. The summed E-state index contributed by atoms with van der Waals surface area (Å²) in [7, 11) is 0. The van der Waals surface area contributed by atoms with E-state index >= 15 is 0 Å². The molecular formula is C21H38N4O. The summed E-state index contributed by atoms with van der Waals surface area (Å²) < 4.78 is 5.66. The van der Waals surface area contributed by atoms with E-state index in [2.05, 4.69) is 28.5 Å². The first kappa shape index (κ1) is 19.7. The lowest BCUT2D eigenvalue weighted by Gasteiger charge is -2.43. The summed E-state index contributed by atoms with van der Waals surface area (Å²) >= 11 is 0. The first-order chi connectivity index (χ1) is 12.8. The Balaban J connectivity index is 1.56. The van der Waals surface area contributed by atoms with Gasteiger partial charge in [0, 0.05) is 31.8 Å². The zero-order valence-electron chi connectivity index (χ0n) is 16.7. The molecule has 5 heteroatoms. The van der Waals surface area contributed by atoms with Gasteiger partial charge in [0.05, 0.1) is 6.54 Å². The minimum absolute atomic E-state index is 0.211. The third kappa shape index (κ3) is 5.46. The molecule has 0 amide bonds. The number of nitrogens with one attached hydrogen (secondary N) is 2. The Bertz CT molecular complexity index is 476. The first-order valence-electron chi connectivity index (χ1n) is 10.9. The van der Waals surface area contributed by atoms with Gasteiger partial charge in [-0.2, -0.15) is 0 Å². The average Bonchev–Trinajstić information content (AvgIpc) is 3.23. The molecule has 26 heavy (non-hydrogen) atoms. The zero-order valence-corrected chi connectivity index (χ0v) is 16.7. The van der Waals surface area contributed by atoms with Crippen molar-refractivity contribution in [1.82, 2.24) is 15.5 Å². The maximum atomic E-state index is 5.66. The highest BCUT2D eigenvalue weighted by molar-refractivity contribution is 5.79. The monoisotopic (exact) mass is 362 g/mol. The Morgan fingerprint density at radius 2 is 1.96 bits per heavy atom. The van der Waals surface area contributed by atoms with Crippen molar-refractivity contribution in [1.29, 1.82) is 0 Å².